The Kier molecular flexibility index (Phi) is 3.81. The number of carbonyl (C=O) groups excluding carboxylic acids is 1. The molecule has 5 nitrogen and oxygen atoms in total. The molecule has 2 aliphatic rings. The summed E-state index contributed by atoms with van der Waals surface area (Å²) in [6, 6.07) is -0.482. The molecule has 0 aromatic carbocycles. The summed E-state index contributed by atoms with van der Waals surface area (Å²) >= 11 is 0. The number of hydrogen-bond donors (Lipinski definition) is 1. The number of aliphatic imine (C=N–C) groups is 1. The third-order valence-corrected chi connectivity index (χ3v) is 4.66. The molecule has 1 amide bonds. The molecule has 96 valence electrons. The fraction of sp³-hybridized carbons (Fsp3) is 0.818. The number of nitrogens with one attached hydrogen (secondary N) is 1. The Hall–Kier alpha value is -0.910. The van der Waals surface area contributed by atoms with Gasteiger partial charge in [-0.1, -0.05) is 25.7 Å². The summed E-state index contributed by atoms with van der Waals surface area (Å²) in [4.78, 5) is 15.7. The van der Waals surface area contributed by atoms with E-state index in [9.17, 15) is 13.2 Å². The number of hydrogen-bond acceptors (Lipinski definition) is 4. The van der Waals surface area contributed by atoms with E-state index >= 15 is 0 Å². The van der Waals surface area contributed by atoms with Crippen molar-refractivity contribution < 1.29 is 13.2 Å². The second-order valence-corrected chi connectivity index (χ2v) is 6.59. The van der Waals surface area contributed by atoms with Crippen molar-refractivity contribution in [2.75, 3.05) is 5.75 Å². The Morgan fingerprint density at radius 1 is 1.18 bits per heavy atom. The molecule has 1 N–H and O–H groups in total. The third kappa shape index (κ3) is 3.28. The summed E-state index contributed by atoms with van der Waals surface area (Å²) in [5.74, 6) is -0.289. The minimum atomic E-state index is -3.46. The van der Waals surface area contributed by atoms with Crippen molar-refractivity contribution in [3.05, 3.63) is 0 Å². The zero-order chi connectivity index (χ0) is 12.3. The van der Waals surface area contributed by atoms with E-state index in [-0.39, 0.29) is 11.7 Å². The maximum atomic E-state index is 11.7. The summed E-state index contributed by atoms with van der Waals surface area (Å²) in [5.41, 5.74) is 0. The van der Waals surface area contributed by atoms with E-state index < -0.39 is 22.0 Å². The molecule has 0 spiro atoms. The van der Waals surface area contributed by atoms with E-state index in [2.05, 4.69) is 9.71 Å². The van der Waals surface area contributed by atoms with Crippen molar-refractivity contribution in [2.24, 2.45) is 10.9 Å². The smallest absolute Gasteiger partial charge is 0.258 e. The zero-order valence-corrected chi connectivity index (χ0v) is 10.6. The van der Waals surface area contributed by atoms with Gasteiger partial charge in [-0.05, 0) is 12.8 Å². The van der Waals surface area contributed by atoms with E-state index in [0.717, 1.165) is 32.1 Å². The first-order valence-corrected chi connectivity index (χ1v) is 7.81. The second-order valence-electron chi connectivity index (χ2n) is 4.75. The van der Waals surface area contributed by atoms with E-state index in [1.54, 1.807) is 6.21 Å². The van der Waals surface area contributed by atoms with Gasteiger partial charge in [-0.3, -0.25) is 14.5 Å². The zero-order valence-electron chi connectivity index (χ0n) is 9.76. The predicted octanol–water partition coefficient (Wildman–Crippen LogP) is 0.856. The van der Waals surface area contributed by atoms with Crippen LogP contribution in [0.4, 0.5) is 0 Å². The van der Waals surface area contributed by atoms with Gasteiger partial charge < -0.3 is 0 Å². The quantitative estimate of drug-likeness (QED) is 0.700. The Morgan fingerprint density at radius 3 is 2.59 bits per heavy atom. The molecule has 0 bridgehead atoms. The fourth-order valence-electron chi connectivity index (χ4n) is 2.26. The number of rotatable bonds is 0. The van der Waals surface area contributed by atoms with Crippen LogP contribution in [0.1, 0.15) is 38.5 Å². The maximum Gasteiger partial charge on any atom is 0.258 e. The highest BCUT2D eigenvalue weighted by Gasteiger charge is 2.34. The Balaban J connectivity index is 2.03. The summed E-state index contributed by atoms with van der Waals surface area (Å²) in [6.45, 7) is 0. The van der Waals surface area contributed by atoms with Crippen molar-refractivity contribution in [3.8, 4) is 0 Å². The first kappa shape index (κ1) is 12.5. The van der Waals surface area contributed by atoms with Gasteiger partial charge in [-0.2, -0.15) is 0 Å². The molecule has 0 radical (unpaired) electrons. The van der Waals surface area contributed by atoms with Gasteiger partial charge in [0.1, 0.15) is 6.04 Å². The molecule has 6 heteroatoms. The standard InChI is InChI=1S/C11H18N2O3S/c14-11-10-9(8-12-10)6-4-2-1-3-5-7-17(15,16)13-11/h8-10H,1-7H2,(H,13,14)/t9-,10?/m1/s1. The van der Waals surface area contributed by atoms with Gasteiger partial charge in [-0.15, -0.1) is 0 Å². The molecule has 2 rings (SSSR count). The van der Waals surface area contributed by atoms with Gasteiger partial charge in [-0.25, -0.2) is 8.42 Å². The molecule has 17 heavy (non-hydrogen) atoms. The van der Waals surface area contributed by atoms with Crippen LogP contribution in [0, 0.1) is 5.92 Å². The highest BCUT2D eigenvalue weighted by Crippen LogP contribution is 2.23. The lowest BCUT2D eigenvalue weighted by atomic mass is 9.90. The van der Waals surface area contributed by atoms with Crippen LogP contribution in [0.3, 0.4) is 0 Å². The molecule has 0 aromatic heterocycles. The molecule has 2 aliphatic heterocycles. The molecule has 0 aliphatic carbocycles. The highest BCUT2D eigenvalue weighted by atomic mass is 32.2. The average molecular weight is 258 g/mol. The fourth-order valence-corrected chi connectivity index (χ4v) is 3.37. The van der Waals surface area contributed by atoms with Crippen LogP contribution in [0.15, 0.2) is 4.99 Å². The molecule has 1 saturated heterocycles. The number of sulfonamides is 1. The maximum absolute atomic E-state index is 11.7. The predicted molar refractivity (Wildman–Crippen MR) is 65.4 cm³/mol. The molecule has 1 unspecified atom stereocenters. The first-order chi connectivity index (χ1) is 8.08. The minimum absolute atomic E-state index is 0.0415. The largest absolute Gasteiger partial charge is 0.283 e. The molecule has 0 saturated carbocycles. The van der Waals surface area contributed by atoms with Crippen molar-refractivity contribution in [3.63, 3.8) is 0 Å². The Labute approximate surface area is 102 Å². The van der Waals surface area contributed by atoms with E-state index in [1.807, 2.05) is 0 Å². The lowest BCUT2D eigenvalue weighted by Gasteiger charge is -2.27. The van der Waals surface area contributed by atoms with Crippen molar-refractivity contribution in [1.82, 2.24) is 4.72 Å². The van der Waals surface area contributed by atoms with E-state index in [0.29, 0.717) is 6.42 Å². The molecule has 0 aromatic rings. The lowest BCUT2D eigenvalue weighted by molar-refractivity contribution is -0.121. The minimum Gasteiger partial charge on any atom is -0.283 e. The highest BCUT2D eigenvalue weighted by molar-refractivity contribution is 7.90. The number of nitrogens with zero attached hydrogens (tertiary/aromatic N) is 1. The van der Waals surface area contributed by atoms with Crippen LogP contribution in [0.2, 0.25) is 0 Å². The van der Waals surface area contributed by atoms with Crippen molar-refractivity contribution >= 4 is 22.1 Å². The molecule has 2 atom stereocenters. The van der Waals surface area contributed by atoms with Crippen LogP contribution < -0.4 is 4.72 Å². The molecule has 2 heterocycles. The summed E-state index contributed by atoms with van der Waals surface area (Å²) in [6.07, 6.45) is 7.51. The van der Waals surface area contributed by atoms with Gasteiger partial charge in [0.15, 0.2) is 0 Å². The van der Waals surface area contributed by atoms with Crippen molar-refractivity contribution in [2.45, 2.75) is 44.6 Å². The SMILES string of the molecule is O=C1NS(=O)(=O)CCCCCCC[C@@H]2C=NC12. The average Bonchev–Trinajstić information content (AvgIpc) is 2.17. The second kappa shape index (κ2) is 5.16. The number of amides is 1. The van der Waals surface area contributed by atoms with Crippen molar-refractivity contribution in [1.29, 1.82) is 0 Å². The Bertz CT molecular complexity index is 416. The van der Waals surface area contributed by atoms with Crippen LogP contribution in [-0.2, 0) is 14.8 Å². The van der Waals surface area contributed by atoms with Gasteiger partial charge in [0.25, 0.3) is 5.91 Å². The lowest BCUT2D eigenvalue weighted by Crippen LogP contribution is -2.46. The van der Waals surface area contributed by atoms with Gasteiger partial charge in [0, 0.05) is 12.1 Å². The third-order valence-electron chi connectivity index (χ3n) is 3.32. The molecular weight excluding hydrogens is 240 g/mol. The van der Waals surface area contributed by atoms with Gasteiger partial charge >= 0.3 is 0 Å². The Morgan fingerprint density at radius 2 is 1.88 bits per heavy atom. The molecular formula is C11H18N2O3S. The number of fused-ring (bicyclic) bond motifs is 1. The monoisotopic (exact) mass is 258 g/mol. The van der Waals surface area contributed by atoms with Crippen LogP contribution in [0.25, 0.3) is 0 Å². The summed E-state index contributed by atoms with van der Waals surface area (Å²) in [7, 11) is -3.46. The van der Waals surface area contributed by atoms with Crippen LogP contribution in [-0.4, -0.2) is 32.3 Å². The van der Waals surface area contributed by atoms with Crippen LogP contribution >= 0.6 is 0 Å². The van der Waals surface area contributed by atoms with E-state index in [1.165, 1.54) is 0 Å². The first-order valence-electron chi connectivity index (χ1n) is 6.16. The van der Waals surface area contributed by atoms with Gasteiger partial charge in [0.2, 0.25) is 10.0 Å². The molecule has 1 fully saturated rings. The summed E-state index contributed by atoms with van der Waals surface area (Å²) in [5, 5.41) is 0. The topological polar surface area (TPSA) is 75.6 Å². The van der Waals surface area contributed by atoms with E-state index in [4.69, 9.17) is 0 Å². The van der Waals surface area contributed by atoms with Crippen LogP contribution in [0.5, 0.6) is 0 Å². The number of carbonyl (C=O) groups is 1. The summed E-state index contributed by atoms with van der Waals surface area (Å²) < 4.78 is 25.3. The normalized spacial score (nSPS) is 33.5. The van der Waals surface area contributed by atoms with Gasteiger partial charge in [0.05, 0.1) is 5.75 Å².